The summed E-state index contributed by atoms with van der Waals surface area (Å²) in [5, 5.41) is 3.09. The Morgan fingerprint density at radius 2 is 2.06 bits per heavy atom. The molecule has 6 nitrogen and oxygen atoms in total. The summed E-state index contributed by atoms with van der Waals surface area (Å²) in [6, 6.07) is 14.2. The van der Waals surface area contributed by atoms with E-state index in [2.05, 4.69) is 10.3 Å². The number of nitrogens with zero attached hydrogens (tertiary/aromatic N) is 2. The molecule has 0 aliphatic heterocycles. The van der Waals surface area contributed by atoms with Crippen LogP contribution in [0.2, 0.25) is 5.02 Å². The molecule has 4 aromatic rings. The molecule has 31 heavy (non-hydrogen) atoms. The fourth-order valence-electron chi connectivity index (χ4n) is 2.97. The van der Waals surface area contributed by atoms with Gasteiger partial charge in [-0.1, -0.05) is 35.5 Å². The number of para-hydroxylation sites is 1. The van der Waals surface area contributed by atoms with Gasteiger partial charge in [-0.25, -0.2) is 9.37 Å². The van der Waals surface area contributed by atoms with Gasteiger partial charge < -0.3 is 9.73 Å². The van der Waals surface area contributed by atoms with Crippen LogP contribution in [-0.2, 0) is 11.3 Å². The van der Waals surface area contributed by atoms with E-state index in [9.17, 15) is 14.0 Å². The Hall–Kier alpha value is -3.10. The fourth-order valence-corrected chi connectivity index (χ4v) is 4.04. The predicted octanol–water partition coefficient (Wildman–Crippen LogP) is 4.95. The average molecular weight is 458 g/mol. The lowest BCUT2D eigenvalue weighted by Gasteiger charge is -2.16. The van der Waals surface area contributed by atoms with Gasteiger partial charge in [0, 0.05) is 5.02 Å². The Kier molecular flexibility index (Phi) is 6.11. The van der Waals surface area contributed by atoms with Gasteiger partial charge in [-0.3, -0.25) is 14.2 Å². The van der Waals surface area contributed by atoms with Gasteiger partial charge in [0.25, 0.3) is 5.56 Å². The number of hydrogen-bond acceptors (Lipinski definition) is 5. The molecule has 0 bridgehead atoms. The lowest BCUT2D eigenvalue weighted by molar-refractivity contribution is -0.115. The minimum atomic E-state index is -0.661. The van der Waals surface area contributed by atoms with E-state index >= 15 is 0 Å². The summed E-state index contributed by atoms with van der Waals surface area (Å²) in [4.78, 5) is 30.4. The predicted molar refractivity (Wildman–Crippen MR) is 119 cm³/mol. The van der Waals surface area contributed by atoms with Gasteiger partial charge in [-0.15, -0.1) is 0 Å². The molecule has 1 N–H and O–H groups in total. The number of rotatable bonds is 6. The maximum absolute atomic E-state index is 13.9. The molecule has 1 atom stereocenters. The third kappa shape index (κ3) is 4.65. The maximum atomic E-state index is 13.9. The first-order valence-electron chi connectivity index (χ1n) is 9.37. The van der Waals surface area contributed by atoms with Crippen LogP contribution in [0.25, 0.3) is 10.9 Å². The summed E-state index contributed by atoms with van der Waals surface area (Å²) in [6.07, 6.45) is 1.52. The van der Waals surface area contributed by atoms with E-state index in [1.807, 2.05) is 0 Å². The zero-order chi connectivity index (χ0) is 22.0. The van der Waals surface area contributed by atoms with Crippen molar-refractivity contribution in [3.8, 4) is 0 Å². The molecule has 1 amide bonds. The highest BCUT2D eigenvalue weighted by Gasteiger charge is 2.21. The fraction of sp³-hybridized carbons (Fsp3) is 0.136. The first-order chi connectivity index (χ1) is 14.9. The molecular formula is C22H17ClFN3O3S. The zero-order valence-corrected chi connectivity index (χ0v) is 17.9. The monoisotopic (exact) mass is 457 g/mol. The van der Waals surface area contributed by atoms with E-state index < -0.39 is 17.0 Å². The van der Waals surface area contributed by atoms with Gasteiger partial charge >= 0.3 is 0 Å². The van der Waals surface area contributed by atoms with Crippen LogP contribution in [0.5, 0.6) is 0 Å². The van der Waals surface area contributed by atoms with E-state index in [1.54, 1.807) is 49.4 Å². The number of carbonyl (C=O) groups is 1. The van der Waals surface area contributed by atoms with Crippen LogP contribution in [0.4, 0.5) is 10.1 Å². The summed E-state index contributed by atoms with van der Waals surface area (Å²) < 4.78 is 20.7. The molecule has 0 radical (unpaired) electrons. The Balaban J connectivity index is 1.68. The molecule has 9 heteroatoms. The summed E-state index contributed by atoms with van der Waals surface area (Å²) in [5.41, 5.74) is 0.242. The molecule has 0 spiro atoms. The molecular weight excluding hydrogens is 441 g/mol. The lowest BCUT2D eigenvalue weighted by atomic mass is 10.2. The number of aromatic nitrogens is 2. The smallest absolute Gasteiger partial charge is 0.262 e. The van der Waals surface area contributed by atoms with Crippen LogP contribution >= 0.6 is 23.4 Å². The van der Waals surface area contributed by atoms with Crippen molar-refractivity contribution in [1.29, 1.82) is 0 Å². The Morgan fingerprint density at radius 3 is 2.81 bits per heavy atom. The highest BCUT2D eigenvalue weighted by atomic mass is 35.5. The molecule has 0 aliphatic rings. The number of fused-ring (bicyclic) bond motifs is 1. The number of nitrogens with one attached hydrogen (secondary N) is 1. The second-order valence-electron chi connectivity index (χ2n) is 6.76. The highest BCUT2D eigenvalue weighted by molar-refractivity contribution is 8.00. The molecule has 2 aromatic carbocycles. The summed E-state index contributed by atoms with van der Waals surface area (Å²) in [6.45, 7) is 1.81. The van der Waals surface area contributed by atoms with Crippen LogP contribution in [0.3, 0.4) is 0 Å². The van der Waals surface area contributed by atoms with Crippen molar-refractivity contribution >= 4 is 45.9 Å². The minimum absolute atomic E-state index is 0.0891. The quantitative estimate of drug-likeness (QED) is 0.327. The van der Waals surface area contributed by atoms with Crippen molar-refractivity contribution in [3.63, 3.8) is 0 Å². The normalized spacial score (nSPS) is 12.1. The summed E-state index contributed by atoms with van der Waals surface area (Å²) in [7, 11) is 0. The number of anilines is 1. The van der Waals surface area contributed by atoms with E-state index in [-0.39, 0.29) is 17.8 Å². The Bertz CT molecular complexity index is 1310. The third-order valence-electron chi connectivity index (χ3n) is 4.56. The standard InChI is InChI=1S/C22H17ClFN3O3S/c1-13(20(28)25-18-7-3-2-6-17(18)24)31-22-26-19-11-14(23)8-9-16(19)21(29)27(22)12-15-5-4-10-30-15/h2-11,13H,12H2,1H3,(H,25,28). The van der Waals surface area contributed by atoms with Gasteiger partial charge in [0.15, 0.2) is 5.16 Å². The molecule has 0 aliphatic carbocycles. The summed E-state index contributed by atoms with van der Waals surface area (Å²) in [5.74, 6) is -0.371. The number of benzene rings is 2. The van der Waals surface area contributed by atoms with Crippen molar-refractivity contribution in [1.82, 2.24) is 9.55 Å². The second kappa shape index (κ2) is 8.95. The maximum Gasteiger partial charge on any atom is 0.262 e. The van der Waals surface area contributed by atoms with Crippen molar-refractivity contribution in [2.24, 2.45) is 0 Å². The van der Waals surface area contributed by atoms with Crippen LogP contribution in [-0.4, -0.2) is 20.7 Å². The van der Waals surface area contributed by atoms with E-state index in [0.29, 0.717) is 26.8 Å². The number of halogens is 2. The van der Waals surface area contributed by atoms with Gasteiger partial charge in [-0.2, -0.15) is 0 Å². The second-order valence-corrected chi connectivity index (χ2v) is 8.50. The highest BCUT2D eigenvalue weighted by Crippen LogP contribution is 2.26. The van der Waals surface area contributed by atoms with Crippen molar-refractivity contribution in [3.05, 3.63) is 87.8 Å². The molecule has 0 saturated carbocycles. The number of amides is 1. The molecule has 2 aromatic heterocycles. The number of furan rings is 1. The minimum Gasteiger partial charge on any atom is -0.467 e. The average Bonchev–Trinajstić information content (AvgIpc) is 3.25. The first kappa shape index (κ1) is 21.1. The molecule has 1 unspecified atom stereocenters. The van der Waals surface area contributed by atoms with E-state index in [0.717, 1.165) is 11.8 Å². The van der Waals surface area contributed by atoms with Gasteiger partial charge in [0.1, 0.15) is 11.6 Å². The largest absolute Gasteiger partial charge is 0.467 e. The molecule has 0 fully saturated rings. The van der Waals surface area contributed by atoms with E-state index in [1.165, 1.54) is 23.0 Å². The molecule has 4 rings (SSSR count). The number of hydrogen-bond donors (Lipinski definition) is 1. The van der Waals surface area contributed by atoms with Crippen molar-refractivity contribution in [2.75, 3.05) is 5.32 Å². The van der Waals surface area contributed by atoms with Crippen molar-refractivity contribution < 1.29 is 13.6 Å². The van der Waals surface area contributed by atoms with Crippen LogP contribution in [0.15, 0.2) is 75.2 Å². The third-order valence-corrected chi connectivity index (χ3v) is 5.88. The first-order valence-corrected chi connectivity index (χ1v) is 10.6. The molecule has 2 heterocycles. The van der Waals surface area contributed by atoms with Crippen LogP contribution < -0.4 is 10.9 Å². The van der Waals surface area contributed by atoms with Crippen molar-refractivity contribution in [2.45, 2.75) is 23.9 Å². The SMILES string of the molecule is CC(Sc1nc2cc(Cl)ccc2c(=O)n1Cc1ccco1)C(=O)Nc1ccccc1F. The van der Waals surface area contributed by atoms with Gasteiger partial charge in [0.2, 0.25) is 5.91 Å². The Labute approximate surface area is 186 Å². The molecule has 158 valence electrons. The lowest BCUT2D eigenvalue weighted by Crippen LogP contribution is -2.27. The van der Waals surface area contributed by atoms with Gasteiger partial charge in [-0.05, 0) is 49.4 Å². The van der Waals surface area contributed by atoms with Crippen LogP contribution in [0.1, 0.15) is 12.7 Å². The Morgan fingerprint density at radius 1 is 1.26 bits per heavy atom. The molecule has 0 saturated heterocycles. The van der Waals surface area contributed by atoms with E-state index in [4.69, 9.17) is 16.0 Å². The zero-order valence-electron chi connectivity index (χ0n) is 16.3. The number of thioether (sulfide) groups is 1. The number of carbonyl (C=O) groups excluding carboxylic acids is 1. The topological polar surface area (TPSA) is 77.1 Å². The summed E-state index contributed by atoms with van der Waals surface area (Å²) >= 11 is 7.16. The van der Waals surface area contributed by atoms with Crippen LogP contribution in [0, 0.1) is 5.82 Å². The van der Waals surface area contributed by atoms with Gasteiger partial charge in [0.05, 0.1) is 34.6 Å².